The lowest BCUT2D eigenvalue weighted by atomic mass is 9.69. The van der Waals surface area contributed by atoms with E-state index in [-0.39, 0.29) is 23.9 Å². The van der Waals surface area contributed by atoms with Crippen LogP contribution >= 0.6 is 0 Å². The van der Waals surface area contributed by atoms with Crippen LogP contribution in [0, 0.1) is 5.41 Å². The maximum atomic E-state index is 10.9. The van der Waals surface area contributed by atoms with Crippen molar-refractivity contribution < 1.29 is 15.0 Å². The van der Waals surface area contributed by atoms with Crippen molar-refractivity contribution in [3.8, 4) is 0 Å². The van der Waals surface area contributed by atoms with Gasteiger partial charge in [-0.25, -0.2) is 0 Å². The van der Waals surface area contributed by atoms with E-state index in [1.54, 1.807) is 12.2 Å². The molecule has 0 aromatic carbocycles. The van der Waals surface area contributed by atoms with Gasteiger partial charge in [0, 0.05) is 0 Å². The van der Waals surface area contributed by atoms with Crippen molar-refractivity contribution in [3.05, 3.63) is 34.9 Å². The van der Waals surface area contributed by atoms with E-state index in [1.807, 2.05) is 13.0 Å². The van der Waals surface area contributed by atoms with Crippen LogP contribution in [-0.4, -0.2) is 28.7 Å². The van der Waals surface area contributed by atoms with Crippen molar-refractivity contribution in [1.82, 2.24) is 0 Å². The second-order valence-corrected chi connectivity index (χ2v) is 6.67. The number of allylic oxidation sites excluding steroid dienone is 5. The molecule has 0 fully saturated rings. The van der Waals surface area contributed by atoms with E-state index in [0.717, 1.165) is 24.8 Å². The van der Waals surface area contributed by atoms with E-state index < -0.39 is 0 Å². The summed E-state index contributed by atoms with van der Waals surface area (Å²) in [7, 11) is 0. The lowest BCUT2D eigenvalue weighted by Gasteiger charge is -2.37. The molecule has 1 rings (SSSR count). The number of aliphatic hydroxyl groups excluding tert-OH is 2. The van der Waals surface area contributed by atoms with Crippen molar-refractivity contribution in [3.63, 3.8) is 0 Å². The molecule has 0 spiro atoms. The molecule has 1 aliphatic rings. The van der Waals surface area contributed by atoms with Crippen LogP contribution in [0.2, 0.25) is 0 Å². The molecule has 1 atom stereocenters. The van der Waals surface area contributed by atoms with Crippen molar-refractivity contribution in [2.75, 3.05) is 6.61 Å². The zero-order chi connectivity index (χ0) is 16.0. The van der Waals surface area contributed by atoms with Gasteiger partial charge in [-0.05, 0) is 56.6 Å². The molecule has 0 amide bonds. The maximum Gasteiger partial charge on any atom is 0.152 e. The average Bonchev–Trinajstić information content (AvgIpc) is 2.35. The van der Waals surface area contributed by atoms with Crippen molar-refractivity contribution in [1.29, 1.82) is 0 Å². The summed E-state index contributed by atoms with van der Waals surface area (Å²) in [5.74, 6) is 0.0479. The van der Waals surface area contributed by atoms with Gasteiger partial charge in [0.15, 0.2) is 5.78 Å². The van der Waals surface area contributed by atoms with Crippen molar-refractivity contribution in [2.24, 2.45) is 5.41 Å². The topological polar surface area (TPSA) is 57.5 Å². The minimum atomic E-state index is -0.346. The molecule has 0 aliphatic heterocycles. The molecule has 1 unspecified atom stereocenters. The molecule has 0 saturated carbocycles. The van der Waals surface area contributed by atoms with Crippen LogP contribution in [0.15, 0.2) is 34.9 Å². The first-order valence-electron chi connectivity index (χ1n) is 7.61. The van der Waals surface area contributed by atoms with Crippen LogP contribution < -0.4 is 0 Å². The number of aliphatic hydroxyl groups is 2. The van der Waals surface area contributed by atoms with Crippen LogP contribution in [0.1, 0.15) is 53.4 Å². The van der Waals surface area contributed by atoms with Gasteiger partial charge in [0.2, 0.25) is 0 Å². The predicted molar refractivity (Wildman–Crippen MR) is 85.9 cm³/mol. The Labute approximate surface area is 128 Å². The highest BCUT2D eigenvalue weighted by Crippen LogP contribution is 2.42. The lowest BCUT2D eigenvalue weighted by molar-refractivity contribution is -0.112. The van der Waals surface area contributed by atoms with Gasteiger partial charge < -0.3 is 10.2 Å². The summed E-state index contributed by atoms with van der Waals surface area (Å²) in [4.78, 5) is 10.9. The summed E-state index contributed by atoms with van der Waals surface area (Å²) in [6.45, 7) is 7.88. The highest BCUT2D eigenvalue weighted by atomic mass is 16.3. The van der Waals surface area contributed by atoms with Gasteiger partial charge >= 0.3 is 0 Å². The Balaban J connectivity index is 2.77. The molecule has 0 bridgehead atoms. The first kappa shape index (κ1) is 17.9. The van der Waals surface area contributed by atoms with Gasteiger partial charge in [-0.1, -0.05) is 37.1 Å². The number of rotatable bonds is 6. The molecule has 0 saturated heterocycles. The number of carbonyl (C=O) groups is 1. The number of hydrogen-bond donors (Lipinski definition) is 2. The third-order valence-corrected chi connectivity index (χ3v) is 4.14. The van der Waals surface area contributed by atoms with Crippen LogP contribution in [0.3, 0.4) is 0 Å². The minimum absolute atomic E-state index is 0.0306. The fourth-order valence-corrected chi connectivity index (χ4v) is 3.10. The molecule has 0 radical (unpaired) electrons. The SMILES string of the molecule is CC(=O)/C=C/C=C(\C)CCC1=C(CO)CC(O)CC1(C)C. The molecule has 21 heavy (non-hydrogen) atoms. The smallest absolute Gasteiger partial charge is 0.152 e. The minimum Gasteiger partial charge on any atom is -0.393 e. The summed E-state index contributed by atoms with van der Waals surface area (Å²) in [6, 6.07) is 0. The average molecular weight is 292 g/mol. The quantitative estimate of drug-likeness (QED) is 0.448. The van der Waals surface area contributed by atoms with E-state index in [9.17, 15) is 15.0 Å². The van der Waals surface area contributed by atoms with Crippen LogP contribution in [0.5, 0.6) is 0 Å². The molecule has 0 heterocycles. The molecule has 3 heteroatoms. The second-order valence-electron chi connectivity index (χ2n) is 6.67. The van der Waals surface area contributed by atoms with Gasteiger partial charge in [-0.15, -0.1) is 0 Å². The fourth-order valence-electron chi connectivity index (χ4n) is 3.10. The third kappa shape index (κ3) is 5.60. The highest BCUT2D eigenvalue weighted by molar-refractivity contribution is 5.87. The van der Waals surface area contributed by atoms with E-state index in [1.165, 1.54) is 18.1 Å². The zero-order valence-corrected chi connectivity index (χ0v) is 13.6. The van der Waals surface area contributed by atoms with Crippen molar-refractivity contribution in [2.45, 2.75) is 59.5 Å². The van der Waals surface area contributed by atoms with Crippen LogP contribution in [-0.2, 0) is 4.79 Å². The van der Waals surface area contributed by atoms with Gasteiger partial charge in [-0.2, -0.15) is 0 Å². The fraction of sp³-hybridized carbons (Fsp3) is 0.611. The Morgan fingerprint density at radius 1 is 1.38 bits per heavy atom. The Morgan fingerprint density at radius 2 is 2.05 bits per heavy atom. The summed E-state index contributed by atoms with van der Waals surface area (Å²) < 4.78 is 0. The van der Waals surface area contributed by atoms with E-state index >= 15 is 0 Å². The molecular weight excluding hydrogens is 264 g/mol. The molecule has 0 aromatic rings. The van der Waals surface area contributed by atoms with Crippen LogP contribution in [0.4, 0.5) is 0 Å². The Bertz CT molecular complexity index is 467. The molecule has 0 aromatic heterocycles. The largest absolute Gasteiger partial charge is 0.393 e. The Hall–Kier alpha value is -1.19. The summed E-state index contributed by atoms with van der Waals surface area (Å²) in [6.07, 6.45) is 8.09. The predicted octanol–water partition coefficient (Wildman–Crippen LogP) is 3.33. The monoisotopic (exact) mass is 292 g/mol. The van der Waals surface area contributed by atoms with Crippen molar-refractivity contribution >= 4 is 5.78 Å². The first-order valence-corrected chi connectivity index (χ1v) is 7.61. The number of carbonyl (C=O) groups excluding carboxylic acids is 1. The van der Waals surface area contributed by atoms with Gasteiger partial charge in [0.1, 0.15) is 0 Å². The molecular formula is C18H28O3. The molecule has 2 N–H and O–H groups in total. The Morgan fingerprint density at radius 3 is 2.62 bits per heavy atom. The first-order chi connectivity index (χ1) is 9.76. The number of ketones is 1. The van der Waals surface area contributed by atoms with Crippen LogP contribution in [0.25, 0.3) is 0 Å². The van der Waals surface area contributed by atoms with Gasteiger partial charge in [0.05, 0.1) is 12.7 Å². The van der Waals surface area contributed by atoms with Gasteiger partial charge in [0.25, 0.3) is 0 Å². The van der Waals surface area contributed by atoms with Gasteiger partial charge in [-0.3, -0.25) is 4.79 Å². The zero-order valence-electron chi connectivity index (χ0n) is 13.6. The maximum absolute atomic E-state index is 10.9. The Kier molecular flexibility index (Phi) is 6.56. The van der Waals surface area contributed by atoms with E-state index in [0.29, 0.717) is 6.42 Å². The number of hydrogen-bond acceptors (Lipinski definition) is 3. The highest BCUT2D eigenvalue weighted by Gasteiger charge is 2.33. The summed E-state index contributed by atoms with van der Waals surface area (Å²) in [5.41, 5.74) is 3.41. The van der Waals surface area contributed by atoms with E-state index in [4.69, 9.17) is 0 Å². The van der Waals surface area contributed by atoms with E-state index in [2.05, 4.69) is 13.8 Å². The normalized spacial score (nSPS) is 23.0. The summed E-state index contributed by atoms with van der Waals surface area (Å²) >= 11 is 0. The molecule has 3 nitrogen and oxygen atoms in total. The second kappa shape index (κ2) is 7.71. The molecule has 118 valence electrons. The third-order valence-electron chi connectivity index (χ3n) is 4.14. The summed E-state index contributed by atoms with van der Waals surface area (Å²) in [5, 5.41) is 19.5. The molecule has 1 aliphatic carbocycles. The standard InChI is InChI=1S/C18H28O3/c1-13(6-5-7-14(2)20)8-9-17-15(12-19)10-16(21)11-18(17,3)4/h5-7,16,19,21H,8-12H2,1-4H3/b7-5+,13-6+. The lowest BCUT2D eigenvalue weighted by Crippen LogP contribution is -2.30.